The molecule has 0 heterocycles. The van der Waals surface area contributed by atoms with Gasteiger partial charge in [0.2, 0.25) is 0 Å². The highest BCUT2D eigenvalue weighted by Crippen LogP contribution is 2.14. The van der Waals surface area contributed by atoms with Gasteiger partial charge in [-0.1, -0.05) is 161 Å². The highest BCUT2D eigenvalue weighted by Gasteiger charge is 2.13. The van der Waals surface area contributed by atoms with Gasteiger partial charge >= 0.3 is 5.97 Å². The highest BCUT2D eigenvalue weighted by molar-refractivity contribution is 5.69. The zero-order valence-electron chi connectivity index (χ0n) is 27.8. The van der Waals surface area contributed by atoms with Crippen molar-refractivity contribution in [3.63, 3.8) is 0 Å². The van der Waals surface area contributed by atoms with Crippen LogP contribution in [0, 0.1) is 0 Å². The van der Waals surface area contributed by atoms with E-state index in [0.29, 0.717) is 19.6 Å². The molecule has 0 aromatic heterocycles. The third-order valence-electron chi connectivity index (χ3n) is 8.09. The fourth-order valence-electron chi connectivity index (χ4n) is 5.32. The number of rotatable bonds is 34. The molecule has 1 unspecified atom stereocenters. The molecule has 244 valence electrons. The van der Waals surface area contributed by atoms with E-state index in [9.17, 15) is 9.90 Å². The summed E-state index contributed by atoms with van der Waals surface area (Å²) in [7, 11) is 0. The van der Waals surface area contributed by atoms with Crippen molar-refractivity contribution in [2.24, 2.45) is 0 Å². The summed E-state index contributed by atoms with van der Waals surface area (Å²) >= 11 is 0. The van der Waals surface area contributed by atoms with Gasteiger partial charge in [0, 0.05) is 13.0 Å². The van der Waals surface area contributed by atoms with Crippen molar-refractivity contribution in [3.05, 3.63) is 12.2 Å². The second-order valence-corrected chi connectivity index (χ2v) is 12.3. The highest BCUT2D eigenvalue weighted by atomic mass is 16.6. The molecule has 0 rings (SSSR count). The molecular weight excluding hydrogens is 508 g/mol. The average Bonchev–Trinajstić information content (AvgIpc) is 2.98. The van der Waals surface area contributed by atoms with E-state index in [1.165, 1.54) is 154 Å². The predicted molar refractivity (Wildman–Crippen MR) is 178 cm³/mol. The fraction of sp³-hybridized carbons (Fsp3) is 0.919. The minimum absolute atomic E-state index is 0.170. The standard InChI is InChI=1S/C37H72O4/c1-3-5-7-9-11-13-15-17-18-19-20-21-23-25-27-29-31-33-40-35-36(34-38)41-37(39)32-30-28-26-24-22-16-14-12-10-8-6-4-2/h12,14,36,38H,3-11,13,15-35H2,1-2H3/b14-12-. The Hall–Kier alpha value is -0.870. The number of carbonyl (C=O) groups excluding carboxylic acids is 1. The molecule has 0 aliphatic rings. The zero-order valence-corrected chi connectivity index (χ0v) is 27.8. The lowest BCUT2D eigenvalue weighted by Gasteiger charge is -2.15. The molecule has 0 saturated heterocycles. The zero-order chi connectivity index (χ0) is 29.9. The van der Waals surface area contributed by atoms with Crippen LogP contribution in [0.15, 0.2) is 12.2 Å². The number of esters is 1. The molecule has 0 fully saturated rings. The first-order valence-electron chi connectivity index (χ1n) is 18.3. The molecule has 1 N–H and O–H groups in total. The number of aliphatic hydroxyl groups excluding tert-OH is 1. The summed E-state index contributed by atoms with van der Waals surface area (Å²) in [5.74, 6) is -0.208. The summed E-state index contributed by atoms with van der Waals surface area (Å²) in [5, 5.41) is 9.54. The molecule has 0 amide bonds. The molecule has 0 aliphatic carbocycles. The third-order valence-corrected chi connectivity index (χ3v) is 8.09. The van der Waals surface area contributed by atoms with Gasteiger partial charge in [-0.2, -0.15) is 0 Å². The Morgan fingerprint density at radius 2 is 0.951 bits per heavy atom. The molecule has 0 saturated carbocycles. The van der Waals surface area contributed by atoms with Crippen molar-refractivity contribution in [2.75, 3.05) is 19.8 Å². The Kier molecular flexibility index (Phi) is 34.6. The first kappa shape index (κ1) is 40.1. The van der Waals surface area contributed by atoms with Crippen LogP contribution < -0.4 is 0 Å². The van der Waals surface area contributed by atoms with Gasteiger partial charge < -0.3 is 14.6 Å². The van der Waals surface area contributed by atoms with E-state index in [2.05, 4.69) is 26.0 Å². The van der Waals surface area contributed by atoms with Crippen LogP contribution in [0.5, 0.6) is 0 Å². The van der Waals surface area contributed by atoms with Crippen LogP contribution in [0.3, 0.4) is 0 Å². The third kappa shape index (κ3) is 33.5. The SMILES string of the molecule is CCCCC/C=C\CCCCCCCC(=O)OC(CO)COCCCCCCCCCCCCCCCCCCC. The van der Waals surface area contributed by atoms with Gasteiger partial charge in [-0.15, -0.1) is 0 Å². The second kappa shape index (κ2) is 35.3. The van der Waals surface area contributed by atoms with Gasteiger partial charge in [0.25, 0.3) is 0 Å². The monoisotopic (exact) mass is 581 g/mol. The summed E-state index contributed by atoms with van der Waals surface area (Å²) in [4.78, 5) is 12.1. The summed E-state index contributed by atoms with van der Waals surface area (Å²) < 4.78 is 11.1. The number of allylic oxidation sites excluding steroid dienone is 2. The van der Waals surface area contributed by atoms with Gasteiger partial charge in [-0.25, -0.2) is 0 Å². The number of carbonyl (C=O) groups is 1. The normalized spacial score (nSPS) is 12.4. The van der Waals surface area contributed by atoms with Gasteiger partial charge in [-0.3, -0.25) is 4.79 Å². The summed E-state index contributed by atoms with van der Waals surface area (Å²) in [6.45, 7) is 5.34. The Bertz CT molecular complexity index is 533. The van der Waals surface area contributed by atoms with Crippen molar-refractivity contribution in [3.8, 4) is 0 Å². The molecular formula is C37H72O4. The largest absolute Gasteiger partial charge is 0.457 e. The average molecular weight is 581 g/mol. The molecule has 0 aliphatic heterocycles. The van der Waals surface area contributed by atoms with E-state index in [1.54, 1.807) is 0 Å². The molecule has 0 bridgehead atoms. The number of ether oxygens (including phenoxy) is 2. The first-order valence-corrected chi connectivity index (χ1v) is 18.3. The minimum Gasteiger partial charge on any atom is -0.457 e. The van der Waals surface area contributed by atoms with Gasteiger partial charge in [-0.05, 0) is 38.5 Å². The van der Waals surface area contributed by atoms with Crippen LogP contribution in [0.2, 0.25) is 0 Å². The molecule has 0 aromatic rings. The quantitative estimate of drug-likeness (QED) is 0.0467. The lowest BCUT2D eigenvalue weighted by atomic mass is 10.0. The lowest BCUT2D eigenvalue weighted by molar-refractivity contribution is -0.154. The summed E-state index contributed by atoms with van der Waals surface area (Å²) in [6.07, 6.45) is 39.6. The number of aliphatic hydroxyl groups is 1. The van der Waals surface area contributed by atoms with Crippen molar-refractivity contribution in [1.29, 1.82) is 0 Å². The van der Waals surface area contributed by atoms with Gasteiger partial charge in [0.15, 0.2) is 0 Å². The van der Waals surface area contributed by atoms with Crippen LogP contribution >= 0.6 is 0 Å². The van der Waals surface area contributed by atoms with Crippen LogP contribution in [-0.4, -0.2) is 37.0 Å². The molecule has 0 aromatic carbocycles. The molecule has 4 heteroatoms. The van der Waals surface area contributed by atoms with Gasteiger partial charge in [0.05, 0.1) is 13.2 Å². The maximum absolute atomic E-state index is 12.1. The fourth-order valence-corrected chi connectivity index (χ4v) is 5.32. The maximum atomic E-state index is 12.1. The van der Waals surface area contributed by atoms with E-state index < -0.39 is 6.10 Å². The van der Waals surface area contributed by atoms with E-state index in [-0.39, 0.29) is 12.6 Å². The van der Waals surface area contributed by atoms with Crippen molar-refractivity contribution in [1.82, 2.24) is 0 Å². The van der Waals surface area contributed by atoms with Gasteiger partial charge in [0.1, 0.15) is 6.10 Å². The number of hydrogen-bond acceptors (Lipinski definition) is 4. The van der Waals surface area contributed by atoms with Crippen LogP contribution in [-0.2, 0) is 14.3 Å². The number of hydrogen-bond donors (Lipinski definition) is 1. The van der Waals surface area contributed by atoms with Crippen molar-refractivity contribution < 1.29 is 19.4 Å². The molecule has 1 atom stereocenters. The van der Waals surface area contributed by atoms with E-state index in [0.717, 1.165) is 19.3 Å². The van der Waals surface area contributed by atoms with Crippen molar-refractivity contribution >= 4 is 5.97 Å². The lowest BCUT2D eigenvalue weighted by Crippen LogP contribution is -2.27. The Labute approximate surface area is 256 Å². The van der Waals surface area contributed by atoms with E-state index in [4.69, 9.17) is 9.47 Å². The number of unbranched alkanes of at least 4 members (excludes halogenated alkanes) is 24. The van der Waals surface area contributed by atoms with Crippen LogP contribution in [0.1, 0.15) is 194 Å². The Balaban J connectivity index is 3.39. The molecule has 41 heavy (non-hydrogen) atoms. The molecule has 4 nitrogen and oxygen atoms in total. The summed E-state index contributed by atoms with van der Waals surface area (Å²) in [5.41, 5.74) is 0. The van der Waals surface area contributed by atoms with Crippen LogP contribution in [0.4, 0.5) is 0 Å². The second-order valence-electron chi connectivity index (χ2n) is 12.3. The Morgan fingerprint density at radius 3 is 1.44 bits per heavy atom. The summed E-state index contributed by atoms with van der Waals surface area (Å²) in [6, 6.07) is 0. The molecule has 0 spiro atoms. The molecule has 0 radical (unpaired) electrons. The van der Waals surface area contributed by atoms with E-state index in [1.807, 2.05) is 0 Å². The predicted octanol–water partition coefficient (Wildman–Crippen LogP) is 11.4. The van der Waals surface area contributed by atoms with Crippen molar-refractivity contribution in [2.45, 2.75) is 200 Å². The maximum Gasteiger partial charge on any atom is 0.306 e. The van der Waals surface area contributed by atoms with E-state index >= 15 is 0 Å². The topological polar surface area (TPSA) is 55.8 Å². The minimum atomic E-state index is -0.530. The Morgan fingerprint density at radius 1 is 0.561 bits per heavy atom. The first-order chi connectivity index (χ1) is 20.2. The van der Waals surface area contributed by atoms with Crippen LogP contribution in [0.25, 0.3) is 0 Å². The smallest absolute Gasteiger partial charge is 0.306 e.